The molecule has 0 amide bonds. The second-order valence-electron chi connectivity index (χ2n) is 9.14. The molecule has 37 heavy (non-hydrogen) atoms. The predicted octanol–water partition coefficient (Wildman–Crippen LogP) is 5.10. The molecule has 0 fully saturated rings. The lowest BCUT2D eigenvalue weighted by atomic mass is 9.84. The molecule has 0 aliphatic carbocycles. The van der Waals surface area contributed by atoms with Crippen molar-refractivity contribution in [3.63, 3.8) is 0 Å². The van der Waals surface area contributed by atoms with Gasteiger partial charge < -0.3 is 9.67 Å². The predicted molar refractivity (Wildman–Crippen MR) is 147 cm³/mol. The number of nitrogens with zero attached hydrogens (tertiary/aromatic N) is 6. The van der Waals surface area contributed by atoms with Crippen LogP contribution in [0.1, 0.15) is 29.4 Å². The Morgan fingerprint density at radius 2 is 1.78 bits per heavy atom. The van der Waals surface area contributed by atoms with Crippen molar-refractivity contribution >= 4 is 28.2 Å². The number of hydrogen-bond donors (Lipinski definition) is 1. The van der Waals surface area contributed by atoms with E-state index in [1.807, 2.05) is 54.8 Å². The van der Waals surface area contributed by atoms with E-state index in [2.05, 4.69) is 27.8 Å². The molecule has 5 rings (SSSR count). The summed E-state index contributed by atoms with van der Waals surface area (Å²) in [6, 6.07) is 21.1. The first-order valence-corrected chi connectivity index (χ1v) is 12.2. The Hall–Kier alpha value is -4.07. The van der Waals surface area contributed by atoms with Crippen molar-refractivity contribution in [2.75, 3.05) is 7.05 Å². The van der Waals surface area contributed by atoms with Crippen LogP contribution in [0, 0.1) is 6.92 Å². The lowest BCUT2D eigenvalue weighted by Gasteiger charge is -2.29. The van der Waals surface area contributed by atoms with E-state index in [9.17, 15) is 5.11 Å². The summed E-state index contributed by atoms with van der Waals surface area (Å²) >= 11 is 6.18. The Labute approximate surface area is 220 Å². The Kier molecular flexibility index (Phi) is 6.27. The number of hydrogen-bond acceptors (Lipinski definition) is 5. The first kappa shape index (κ1) is 24.6. The van der Waals surface area contributed by atoms with Crippen LogP contribution in [0.4, 0.5) is 0 Å². The highest BCUT2D eigenvalue weighted by Gasteiger charge is 2.38. The van der Waals surface area contributed by atoms with Gasteiger partial charge in [-0.15, -0.1) is 10.2 Å². The van der Waals surface area contributed by atoms with Crippen LogP contribution in [0.3, 0.4) is 0 Å². The molecule has 0 aliphatic rings. The second-order valence-corrected chi connectivity index (χ2v) is 9.58. The van der Waals surface area contributed by atoms with Crippen LogP contribution in [0.5, 0.6) is 0 Å². The fraction of sp³-hybridized carbons (Fsp3) is 0.172. The summed E-state index contributed by atoms with van der Waals surface area (Å²) in [5.41, 5.74) is 4.66. The molecule has 0 bridgehead atoms. The van der Waals surface area contributed by atoms with Crippen LogP contribution >= 0.6 is 11.6 Å². The van der Waals surface area contributed by atoms with Crippen LogP contribution in [0.15, 0.2) is 84.6 Å². The van der Waals surface area contributed by atoms with Crippen LogP contribution in [0.2, 0.25) is 5.02 Å². The molecule has 8 heteroatoms. The summed E-state index contributed by atoms with van der Waals surface area (Å²) in [6.07, 6.45) is 1.57. The van der Waals surface area contributed by atoms with E-state index in [0.717, 1.165) is 33.4 Å². The van der Waals surface area contributed by atoms with Gasteiger partial charge in [0.05, 0.1) is 11.2 Å². The molecule has 7 nitrogen and oxygen atoms in total. The van der Waals surface area contributed by atoms with E-state index < -0.39 is 5.60 Å². The Morgan fingerprint density at radius 3 is 2.41 bits per heavy atom. The number of aromatic nitrogens is 5. The minimum absolute atomic E-state index is 0.382. The minimum atomic E-state index is -1.60. The van der Waals surface area contributed by atoms with Gasteiger partial charge in [0, 0.05) is 35.8 Å². The van der Waals surface area contributed by atoms with Crippen molar-refractivity contribution in [1.82, 2.24) is 24.3 Å². The first-order chi connectivity index (χ1) is 17.7. The number of rotatable bonds is 5. The quantitative estimate of drug-likeness (QED) is 0.357. The van der Waals surface area contributed by atoms with Crippen molar-refractivity contribution in [3.05, 3.63) is 113 Å². The minimum Gasteiger partial charge on any atom is -0.373 e. The molecule has 0 spiro atoms. The van der Waals surface area contributed by atoms with Gasteiger partial charge in [-0.05, 0) is 55.3 Å². The van der Waals surface area contributed by atoms with Crippen LogP contribution in [0.25, 0.3) is 27.9 Å². The van der Waals surface area contributed by atoms with Gasteiger partial charge in [-0.2, -0.15) is 0 Å². The van der Waals surface area contributed by atoms with Crippen LogP contribution in [-0.2, 0) is 12.6 Å². The van der Waals surface area contributed by atoms with Crippen molar-refractivity contribution in [1.29, 1.82) is 0 Å². The van der Waals surface area contributed by atoms with Gasteiger partial charge in [0.25, 0.3) is 0 Å². The molecule has 0 radical (unpaired) electrons. The maximum atomic E-state index is 12.4. The zero-order chi connectivity index (χ0) is 26.3. The molecule has 5 aromatic rings. The SMILES string of the molecule is C=C(C)n1c(=NC)nc(-c2cccc(C)c2)c2cc(C(O)(c3ccc(Cl)cc3)c3nncn3C)ccc21. The van der Waals surface area contributed by atoms with Gasteiger partial charge in [-0.3, -0.25) is 9.56 Å². The lowest BCUT2D eigenvalue weighted by molar-refractivity contribution is 0.112. The molecular formula is C29H27ClN6O. The number of aryl methyl sites for hydroxylation is 2. The van der Waals surface area contributed by atoms with E-state index in [0.29, 0.717) is 27.6 Å². The molecular weight excluding hydrogens is 484 g/mol. The van der Waals surface area contributed by atoms with Gasteiger partial charge in [-0.25, -0.2) is 4.98 Å². The monoisotopic (exact) mass is 510 g/mol. The van der Waals surface area contributed by atoms with Gasteiger partial charge in [0.2, 0.25) is 5.62 Å². The molecule has 1 N–H and O–H groups in total. The van der Waals surface area contributed by atoms with Crippen LogP contribution in [-0.4, -0.2) is 36.5 Å². The molecule has 0 saturated carbocycles. The maximum absolute atomic E-state index is 12.4. The summed E-state index contributed by atoms with van der Waals surface area (Å²) in [4.78, 5) is 9.38. The van der Waals surface area contributed by atoms with E-state index in [-0.39, 0.29) is 0 Å². The van der Waals surface area contributed by atoms with Gasteiger partial charge in [0.1, 0.15) is 6.33 Å². The number of aliphatic hydroxyl groups is 1. The highest BCUT2D eigenvalue weighted by Crippen LogP contribution is 2.38. The fourth-order valence-corrected chi connectivity index (χ4v) is 4.86. The molecule has 1 atom stereocenters. The van der Waals surface area contributed by atoms with Crippen molar-refractivity contribution in [2.24, 2.45) is 12.0 Å². The Bertz CT molecular complexity index is 1720. The summed E-state index contributed by atoms with van der Waals surface area (Å²) in [5.74, 6) is 0.382. The number of benzene rings is 3. The number of halogens is 1. The van der Waals surface area contributed by atoms with E-state index >= 15 is 0 Å². The Balaban J connectivity index is 1.89. The third kappa shape index (κ3) is 4.16. The summed E-state index contributed by atoms with van der Waals surface area (Å²) in [5, 5.41) is 22.1. The van der Waals surface area contributed by atoms with Gasteiger partial charge in [0.15, 0.2) is 11.4 Å². The Morgan fingerprint density at radius 1 is 1.05 bits per heavy atom. The third-order valence-corrected chi connectivity index (χ3v) is 6.74. The molecule has 2 aromatic heterocycles. The van der Waals surface area contributed by atoms with Crippen molar-refractivity contribution in [3.8, 4) is 11.3 Å². The van der Waals surface area contributed by atoms with Crippen molar-refractivity contribution < 1.29 is 5.11 Å². The normalized spacial score (nSPS) is 13.6. The zero-order valence-corrected chi connectivity index (χ0v) is 21.9. The fourth-order valence-electron chi connectivity index (χ4n) is 4.73. The average Bonchev–Trinajstić information content (AvgIpc) is 3.33. The van der Waals surface area contributed by atoms with Gasteiger partial charge in [-0.1, -0.05) is 60.1 Å². The standard InChI is InChI=1S/C29H27ClN6O/c1-18(2)36-25-14-11-22(16-24(25)26(33-28(36)31-4)20-8-6-7-19(3)15-20)29(37,27-34-32-17-35(27)5)21-9-12-23(30)13-10-21/h6-17,37H,1H2,2-5H3. The summed E-state index contributed by atoms with van der Waals surface area (Å²) in [7, 11) is 3.52. The van der Waals surface area contributed by atoms with E-state index in [4.69, 9.17) is 16.6 Å². The van der Waals surface area contributed by atoms with Gasteiger partial charge >= 0.3 is 0 Å². The largest absolute Gasteiger partial charge is 0.373 e. The third-order valence-electron chi connectivity index (χ3n) is 6.49. The summed E-state index contributed by atoms with van der Waals surface area (Å²) in [6.45, 7) is 8.12. The zero-order valence-electron chi connectivity index (χ0n) is 21.1. The number of fused-ring (bicyclic) bond motifs is 1. The van der Waals surface area contributed by atoms with Crippen molar-refractivity contribution in [2.45, 2.75) is 19.4 Å². The molecule has 0 saturated heterocycles. The molecule has 186 valence electrons. The smallest absolute Gasteiger partial charge is 0.229 e. The second kappa shape index (κ2) is 9.42. The van der Waals surface area contributed by atoms with Crippen LogP contribution < -0.4 is 5.62 Å². The topological polar surface area (TPSA) is 81.1 Å². The maximum Gasteiger partial charge on any atom is 0.229 e. The molecule has 2 heterocycles. The van der Waals surface area contributed by atoms with E-state index in [1.165, 1.54) is 0 Å². The molecule has 1 unspecified atom stereocenters. The summed E-state index contributed by atoms with van der Waals surface area (Å²) < 4.78 is 3.63. The van der Waals surface area contributed by atoms with E-state index in [1.54, 1.807) is 49.3 Å². The highest BCUT2D eigenvalue weighted by atomic mass is 35.5. The number of allylic oxidation sites excluding steroid dienone is 1. The highest BCUT2D eigenvalue weighted by molar-refractivity contribution is 6.30. The molecule has 3 aromatic carbocycles. The molecule has 0 aliphatic heterocycles. The lowest BCUT2D eigenvalue weighted by Crippen LogP contribution is -2.32. The average molecular weight is 511 g/mol. The first-order valence-electron chi connectivity index (χ1n) is 11.8.